The van der Waals surface area contributed by atoms with Crippen LogP contribution in [0.15, 0.2) is 41.3 Å². The van der Waals surface area contributed by atoms with Crippen molar-refractivity contribution in [1.82, 2.24) is 4.90 Å². The quantitative estimate of drug-likeness (QED) is 0.891. The van der Waals surface area contributed by atoms with Gasteiger partial charge in [-0.15, -0.1) is 0 Å². The molecule has 2 aromatic carbocycles. The van der Waals surface area contributed by atoms with Crippen LogP contribution in [0.25, 0.3) is 0 Å². The Kier molecular flexibility index (Phi) is 5.05. The van der Waals surface area contributed by atoms with E-state index in [2.05, 4.69) is 4.72 Å². The Morgan fingerprint density at radius 2 is 1.69 bits per heavy atom. The first kappa shape index (κ1) is 18.5. The molecule has 138 valence electrons. The minimum atomic E-state index is -3.79. The summed E-state index contributed by atoms with van der Waals surface area (Å²) >= 11 is 0. The molecule has 0 aliphatic carbocycles. The van der Waals surface area contributed by atoms with Gasteiger partial charge in [-0.3, -0.25) is 9.52 Å². The molecule has 2 aromatic rings. The lowest BCUT2D eigenvalue weighted by Gasteiger charge is -2.20. The first-order valence-corrected chi connectivity index (χ1v) is 10.3. The summed E-state index contributed by atoms with van der Waals surface area (Å²) in [7, 11) is -3.79. The van der Waals surface area contributed by atoms with E-state index in [9.17, 15) is 13.2 Å². The second-order valence-electron chi connectivity index (χ2n) is 6.87. The molecule has 0 atom stereocenters. The molecule has 0 aromatic heterocycles. The smallest absolute Gasteiger partial charge is 0.262 e. The number of anilines is 1. The van der Waals surface area contributed by atoms with Gasteiger partial charge in [0.1, 0.15) is 0 Å². The summed E-state index contributed by atoms with van der Waals surface area (Å²) in [5, 5.41) is 0. The van der Waals surface area contributed by atoms with Gasteiger partial charge in [0.25, 0.3) is 15.9 Å². The number of benzene rings is 2. The number of para-hydroxylation sites is 1. The lowest BCUT2D eigenvalue weighted by atomic mass is 10.1. The SMILES string of the molecule is Cc1ccc(C)c(S(=O)(=O)Nc2c(C)cccc2C(=O)N2CCCC2)c1. The molecule has 0 saturated carbocycles. The summed E-state index contributed by atoms with van der Waals surface area (Å²) in [5.41, 5.74) is 3.04. The molecular formula is C20H24N2O3S. The lowest BCUT2D eigenvalue weighted by molar-refractivity contribution is 0.0794. The maximum Gasteiger partial charge on any atom is 0.262 e. The van der Waals surface area contributed by atoms with Gasteiger partial charge < -0.3 is 4.90 Å². The van der Waals surface area contributed by atoms with Crippen molar-refractivity contribution in [2.24, 2.45) is 0 Å². The van der Waals surface area contributed by atoms with Gasteiger partial charge in [0.15, 0.2) is 0 Å². The van der Waals surface area contributed by atoms with Crippen LogP contribution in [0.1, 0.15) is 39.9 Å². The van der Waals surface area contributed by atoms with Crippen LogP contribution in [0, 0.1) is 20.8 Å². The van der Waals surface area contributed by atoms with E-state index < -0.39 is 10.0 Å². The van der Waals surface area contributed by atoms with Crippen molar-refractivity contribution in [3.8, 4) is 0 Å². The van der Waals surface area contributed by atoms with Gasteiger partial charge in [0.05, 0.1) is 16.1 Å². The number of sulfonamides is 1. The van der Waals surface area contributed by atoms with Crippen LogP contribution < -0.4 is 4.72 Å². The molecule has 26 heavy (non-hydrogen) atoms. The van der Waals surface area contributed by atoms with Crippen LogP contribution in [0.5, 0.6) is 0 Å². The minimum Gasteiger partial charge on any atom is -0.339 e. The highest BCUT2D eigenvalue weighted by atomic mass is 32.2. The van der Waals surface area contributed by atoms with Gasteiger partial charge >= 0.3 is 0 Å². The average Bonchev–Trinajstić information content (AvgIpc) is 3.12. The predicted octanol–water partition coefficient (Wildman–Crippen LogP) is 3.65. The normalized spacial score (nSPS) is 14.5. The first-order valence-electron chi connectivity index (χ1n) is 8.78. The molecule has 6 heteroatoms. The van der Waals surface area contributed by atoms with E-state index in [1.807, 2.05) is 26.0 Å². The van der Waals surface area contributed by atoms with Crippen LogP contribution in [0.4, 0.5) is 5.69 Å². The molecule has 0 radical (unpaired) electrons. The van der Waals surface area contributed by atoms with Gasteiger partial charge in [0, 0.05) is 13.1 Å². The summed E-state index contributed by atoms with van der Waals surface area (Å²) in [6, 6.07) is 10.6. The molecule has 1 aliphatic rings. The Hall–Kier alpha value is -2.34. The third kappa shape index (κ3) is 3.60. The number of carbonyl (C=O) groups excluding carboxylic acids is 1. The fourth-order valence-corrected chi connectivity index (χ4v) is 4.74. The average molecular weight is 372 g/mol. The van der Waals surface area contributed by atoms with Crippen molar-refractivity contribution >= 4 is 21.6 Å². The largest absolute Gasteiger partial charge is 0.339 e. The maximum atomic E-state index is 13.0. The first-order chi connectivity index (χ1) is 12.3. The Morgan fingerprint density at radius 3 is 2.38 bits per heavy atom. The zero-order valence-electron chi connectivity index (χ0n) is 15.4. The van der Waals surface area contributed by atoms with E-state index >= 15 is 0 Å². The number of rotatable bonds is 4. The highest BCUT2D eigenvalue weighted by molar-refractivity contribution is 7.92. The minimum absolute atomic E-state index is 0.120. The third-order valence-corrected chi connectivity index (χ3v) is 6.26. The molecule has 0 spiro atoms. The number of nitrogens with zero attached hydrogens (tertiary/aromatic N) is 1. The molecule has 1 heterocycles. The Balaban J connectivity index is 2.01. The fraction of sp³-hybridized carbons (Fsp3) is 0.350. The Labute approximate surface area is 155 Å². The zero-order chi connectivity index (χ0) is 18.9. The van der Waals surface area contributed by atoms with Crippen LogP contribution >= 0.6 is 0 Å². The van der Waals surface area contributed by atoms with Crippen molar-refractivity contribution in [3.63, 3.8) is 0 Å². The van der Waals surface area contributed by atoms with Crippen LogP contribution in [-0.2, 0) is 10.0 Å². The van der Waals surface area contributed by atoms with Crippen LogP contribution in [0.2, 0.25) is 0 Å². The zero-order valence-corrected chi connectivity index (χ0v) is 16.2. The monoisotopic (exact) mass is 372 g/mol. The van der Waals surface area contributed by atoms with Crippen molar-refractivity contribution in [2.45, 2.75) is 38.5 Å². The number of hydrogen-bond acceptors (Lipinski definition) is 3. The molecule has 1 amide bonds. The molecule has 5 nitrogen and oxygen atoms in total. The standard InChI is InChI=1S/C20H24N2O3S/c1-14-9-10-15(2)18(13-14)26(24,25)21-19-16(3)7-6-8-17(19)20(23)22-11-4-5-12-22/h6-10,13,21H,4-5,11-12H2,1-3H3. The number of carbonyl (C=O) groups is 1. The molecule has 1 fully saturated rings. The van der Waals surface area contributed by atoms with Crippen LogP contribution in [0.3, 0.4) is 0 Å². The Bertz CT molecular complexity index is 946. The maximum absolute atomic E-state index is 13.0. The number of likely N-dealkylation sites (tertiary alicyclic amines) is 1. The fourth-order valence-electron chi connectivity index (χ4n) is 3.26. The molecule has 1 N–H and O–H groups in total. The van der Waals surface area contributed by atoms with E-state index in [0.717, 1.165) is 37.1 Å². The van der Waals surface area contributed by atoms with Crippen molar-refractivity contribution in [3.05, 3.63) is 58.7 Å². The van der Waals surface area contributed by atoms with E-state index in [-0.39, 0.29) is 10.8 Å². The second kappa shape index (κ2) is 7.11. The van der Waals surface area contributed by atoms with Crippen LogP contribution in [-0.4, -0.2) is 32.3 Å². The van der Waals surface area contributed by atoms with Crippen molar-refractivity contribution in [1.29, 1.82) is 0 Å². The van der Waals surface area contributed by atoms with Gasteiger partial charge in [-0.1, -0.05) is 24.3 Å². The number of amides is 1. The predicted molar refractivity (Wildman–Crippen MR) is 103 cm³/mol. The van der Waals surface area contributed by atoms with E-state index in [0.29, 0.717) is 16.8 Å². The summed E-state index contributed by atoms with van der Waals surface area (Å²) in [6.07, 6.45) is 1.97. The van der Waals surface area contributed by atoms with E-state index in [1.165, 1.54) is 0 Å². The van der Waals surface area contributed by atoms with E-state index in [4.69, 9.17) is 0 Å². The van der Waals surface area contributed by atoms with Gasteiger partial charge in [0.2, 0.25) is 0 Å². The molecule has 0 bridgehead atoms. The summed E-state index contributed by atoms with van der Waals surface area (Å²) in [6.45, 7) is 6.87. The van der Waals surface area contributed by atoms with Gasteiger partial charge in [-0.2, -0.15) is 0 Å². The summed E-state index contributed by atoms with van der Waals surface area (Å²) < 4.78 is 28.6. The van der Waals surface area contributed by atoms with Crippen molar-refractivity contribution < 1.29 is 13.2 Å². The third-order valence-electron chi connectivity index (χ3n) is 4.77. The van der Waals surface area contributed by atoms with E-state index in [1.54, 1.807) is 36.1 Å². The second-order valence-corrected chi connectivity index (χ2v) is 8.52. The molecule has 0 unspecified atom stereocenters. The van der Waals surface area contributed by atoms with Gasteiger partial charge in [-0.05, 0) is 62.4 Å². The number of hydrogen-bond donors (Lipinski definition) is 1. The highest BCUT2D eigenvalue weighted by Gasteiger charge is 2.25. The molecule has 3 rings (SSSR count). The number of nitrogens with one attached hydrogen (secondary N) is 1. The highest BCUT2D eigenvalue weighted by Crippen LogP contribution is 2.27. The molecular weight excluding hydrogens is 348 g/mol. The number of aryl methyl sites for hydroxylation is 3. The summed E-state index contributed by atoms with van der Waals surface area (Å²) in [4.78, 5) is 14.9. The summed E-state index contributed by atoms with van der Waals surface area (Å²) in [5.74, 6) is -0.120. The van der Waals surface area contributed by atoms with Gasteiger partial charge in [-0.25, -0.2) is 8.42 Å². The lowest BCUT2D eigenvalue weighted by Crippen LogP contribution is -2.29. The molecule has 1 aliphatic heterocycles. The van der Waals surface area contributed by atoms with Crippen molar-refractivity contribution in [2.75, 3.05) is 17.8 Å². The topological polar surface area (TPSA) is 66.5 Å². The molecule has 1 saturated heterocycles. The Morgan fingerprint density at radius 1 is 1.00 bits per heavy atom.